The molecule has 1 heterocycles. The maximum absolute atomic E-state index is 12.8. The van der Waals surface area contributed by atoms with E-state index in [0.717, 1.165) is 16.9 Å². The highest BCUT2D eigenvalue weighted by molar-refractivity contribution is 5.77. The fourth-order valence-corrected chi connectivity index (χ4v) is 2.91. The number of carbonyl (C=O) groups excluding carboxylic acids is 1. The zero-order valence-electron chi connectivity index (χ0n) is 14.9. The van der Waals surface area contributed by atoms with Gasteiger partial charge >= 0.3 is 0 Å². The molecule has 24 heavy (non-hydrogen) atoms. The fourth-order valence-electron chi connectivity index (χ4n) is 2.91. The van der Waals surface area contributed by atoms with E-state index in [1.807, 2.05) is 54.4 Å². The zero-order chi connectivity index (χ0) is 17.5. The van der Waals surface area contributed by atoms with Crippen molar-refractivity contribution in [2.24, 2.45) is 0 Å². The van der Waals surface area contributed by atoms with Crippen LogP contribution in [0, 0.1) is 0 Å². The lowest BCUT2D eigenvalue weighted by Gasteiger charge is -2.29. The van der Waals surface area contributed by atoms with Crippen molar-refractivity contribution < 1.29 is 9.53 Å². The van der Waals surface area contributed by atoms with Crippen molar-refractivity contribution >= 4 is 5.91 Å². The van der Waals surface area contributed by atoms with E-state index < -0.39 is 0 Å². The largest absolute Gasteiger partial charge is 0.497 e. The predicted molar refractivity (Wildman–Crippen MR) is 96.1 cm³/mol. The van der Waals surface area contributed by atoms with E-state index in [1.165, 1.54) is 0 Å². The van der Waals surface area contributed by atoms with Crippen molar-refractivity contribution in [1.29, 1.82) is 0 Å². The van der Waals surface area contributed by atoms with Crippen molar-refractivity contribution in [3.8, 4) is 5.75 Å². The average molecular weight is 326 g/mol. The van der Waals surface area contributed by atoms with Gasteiger partial charge < -0.3 is 9.64 Å². The van der Waals surface area contributed by atoms with E-state index in [9.17, 15) is 4.79 Å². The molecule has 1 amide bonds. The Morgan fingerprint density at radius 2 is 1.96 bits per heavy atom. The Morgan fingerprint density at radius 1 is 1.21 bits per heavy atom. The van der Waals surface area contributed by atoms with E-state index >= 15 is 0 Å². The first kappa shape index (κ1) is 18.0. The summed E-state index contributed by atoms with van der Waals surface area (Å²) in [5, 5.41) is 0. The molecule has 2 aromatic rings. The van der Waals surface area contributed by atoms with Crippen LogP contribution in [0.4, 0.5) is 0 Å². The normalized spacial score (nSPS) is 13.2. The molecule has 4 heteroatoms. The minimum atomic E-state index is 0.0127. The smallest absolute Gasteiger partial charge is 0.223 e. The van der Waals surface area contributed by atoms with Gasteiger partial charge in [0, 0.05) is 25.4 Å². The molecule has 128 valence electrons. The van der Waals surface area contributed by atoms with Gasteiger partial charge in [-0.2, -0.15) is 0 Å². The first-order chi connectivity index (χ1) is 11.6. The quantitative estimate of drug-likeness (QED) is 0.766. The van der Waals surface area contributed by atoms with Gasteiger partial charge in [0.25, 0.3) is 0 Å². The number of ether oxygens (including phenoxy) is 1. The first-order valence-electron chi connectivity index (χ1n) is 8.40. The number of carbonyl (C=O) groups is 1. The Kier molecular flexibility index (Phi) is 6.36. The van der Waals surface area contributed by atoms with E-state index in [-0.39, 0.29) is 17.9 Å². The molecule has 2 rings (SSSR count). The van der Waals surface area contributed by atoms with E-state index in [4.69, 9.17) is 4.74 Å². The third-order valence-electron chi connectivity index (χ3n) is 4.44. The molecule has 2 atom stereocenters. The Morgan fingerprint density at radius 3 is 2.58 bits per heavy atom. The summed E-state index contributed by atoms with van der Waals surface area (Å²) in [6.07, 6.45) is 4.06. The molecule has 1 aromatic heterocycles. The highest BCUT2D eigenvalue weighted by Crippen LogP contribution is 2.26. The lowest BCUT2D eigenvalue weighted by atomic mass is 9.98. The molecular formula is C20H26N2O2. The number of benzene rings is 1. The SMILES string of the molecule is CCN(C(=O)C[C@H](C)c1cccnc1)[C@H](C)c1cccc(OC)c1. The summed E-state index contributed by atoms with van der Waals surface area (Å²) in [6.45, 7) is 6.82. The molecular weight excluding hydrogens is 300 g/mol. The second-order valence-electron chi connectivity index (χ2n) is 6.02. The van der Waals surface area contributed by atoms with Crippen molar-refractivity contribution in [3.63, 3.8) is 0 Å². The fraction of sp³-hybridized carbons (Fsp3) is 0.400. The Balaban J connectivity index is 2.10. The maximum Gasteiger partial charge on any atom is 0.223 e. The van der Waals surface area contributed by atoms with Crippen LogP contribution in [-0.2, 0) is 4.79 Å². The van der Waals surface area contributed by atoms with Gasteiger partial charge in [0.2, 0.25) is 5.91 Å². The Labute approximate surface area is 144 Å². The number of pyridine rings is 1. The standard InChI is InChI=1S/C20H26N2O2/c1-5-22(16(3)17-8-6-10-19(13-17)24-4)20(23)12-15(2)18-9-7-11-21-14-18/h6-11,13-16H,5,12H2,1-4H3/t15-,16+/m0/s1. The van der Waals surface area contributed by atoms with Crippen molar-refractivity contribution in [2.45, 2.75) is 39.2 Å². The van der Waals surface area contributed by atoms with E-state index in [0.29, 0.717) is 13.0 Å². The minimum Gasteiger partial charge on any atom is -0.497 e. The molecule has 0 bridgehead atoms. The van der Waals surface area contributed by atoms with Gasteiger partial charge in [-0.05, 0) is 49.1 Å². The number of methoxy groups -OCH3 is 1. The van der Waals surface area contributed by atoms with Crippen LogP contribution in [0.15, 0.2) is 48.8 Å². The van der Waals surface area contributed by atoms with Crippen LogP contribution in [0.25, 0.3) is 0 Å². The summed E-state index contributed by atoms with van der Waals surface area (Å²) in [5.74, 6) is 1.12. The monoisotopic (exact) mass is 326 g/mol. The number of rotatable bonds is 7. The van der Waals surface area contributed by atoms with Crippen LogP contribution >= 0.6 is 0 Å². The van der Waals surface area contributed by atoms with Gasteiger partial charge in [-0.3, -0.25) is 9.78 Å². The van der Waals surface area contributed by atoms with Gasteiger partial charge in [0.15, 0.2) is 0 Å². The molecule has 0 aliphatic heterocycles. The Bertz CT molecular complexity index is 658. The zero-order valence-corrected chi connectivity index (χ0v) is 14.9. The minimum absolute atomic E-state index is 0.0127. The molecule has 0 aliphatic rings. The maximum atomic E-state index is 12.8. The van der Waals surface area contributed by atoms with Gasteiger partial charge in [-0.15, -0.1) is 0 Å². The molecule has 0 fully saturated rings. The molecule has 1 aromatic carbocycles. The first-order valence-corrected chi connectivity index (χ1v) is 8.40. The second kappa shape index (κ2) is 8.48. The van der Waals surface area contributed by atoms with Crippen LogP contribution < -0.4 is 4.74 Å². The third-order valence-corrected chi connectivity index (χ3v) is 4.44. The van der Waals surface area contributed by atoms with Crippen molar-refractivity contribution in [3.05, 3.63) is 59.9 Å². The highest BCUT2D eigenvalue weighted by atomic mass is 16.5. The summed E-state index contributed by atoms with van der Waals surface area (Å²) in [6, 6.07) is 11.8. The summed E-state index contributed by atoms with van der Waals surface area (Å²) in [5.41, 5.74) is 2.18. The summed E-state index contributed by atoms with van der Waals surface area (Å²) < 4.78 is 5.29. The molecule has 4 nitrogen and oxygen atoms in total. The number of amides is 1. The summed E-state index contributed by atoms with van der Waals surface area (Å²) in [7, 11) is 1.65. The molecule has 0 N–H and O–H groups in total. The Hall–Kier alpha value is -2.36. The number of hydrogen-bond acceptors (Lipinski definition) is 3. The van der Waals surface area contributed by atoms with Gasteiger partial charge in [-0.1, -0.05) is 25.1 Å². The summed E-state index contributed by atoms with van der Waals surface area (Å²) in [4.78, 5) is 18.9. The molecule has 0 saturated carbocycles. The van der Waals surface area contributed by atoms with E-state index in [2.05, 4.69) is 18.8 Å². The van der Waals surface area contributed by atoms with Gasteiger partial charge in [0.1, 0.15) is 5.75 Å². The highest BCUT2D eigenvalue weighted by Gasteiger charge is 2.22. The van der Waals surface area contributed by atoms with Crippen LogP contribution in [0.5, 0.6) is 5.75 Å². The average Bonchev–Trinajstić information content (AvgIpc) is 2.63. The topological polar surface area (TPSA) is 42.4 Å². The van der Waals surface area contributed by atoms with Crippen molar-refractivity contribution in [2.75, 3.05) is 13.7 Å². The molecule has 0 saturated heterocycles. The van der Waals surface area contributed by atoms with Gasteiger partial charge in [0.05, 0.1) is 13.2 Å². The second-order valence-corrected chi connectivity index (χ2v) is 6.02. The lowest BCUT2D eigenvalue weighted by molar-refractivity contribution is -0.133. The van der Waals surface area contributed by atoms with Crippen LogP contribution in [0.2, 0.25) is 0 Å². The third kappa shape index (κ3) is 4.34. The van der Waals surface area contributed by atoms with Crippen LogP contribution in [-0.4, -0.2) is 29.4 Å². The number of aromatic nitrogens is 1. The molecule has 0 spiro atoms. The number of hydrogen-bond donors (Lipinski definition) is 0. The molecule has 0 aliphatic carbocycles. The summed E-state index contributed by atoms with van der Waals surface area (Å²) >= 11 is 0. The predicted octanol–water partition coefficient (Wildman–Crippen LogP) is 4.19. The van der Waals surface area contributed by atoms with Crippen LogP contribution in [0.3, 0.4) is 0 Å². The molecule has 0 unspecified atom stereocenters. The number of nitrogens with zero attached hydrogens (tertiary/aromatic N) is 2. The van der Waals surface area contributed by atoms with Crippen molar-refractivity contribution in [1.82, 2.24) is 9.88 Å². The van der Waals surface area contributed by atoms with Crippen LogP contribution in [0.1, 0.15) is 50.3 Å². The van der Waals surface area contributed by atoms with E-state index in [1.54, 1.807) is 13.3 Å². The lowest BCUT2D eigenvalue weighted by Crippen LogP contribution is -2.34. The van der Waals surface area contributed by atoms with Gasteiger partial charge in [-0.25, -0.2) is 0 Å². The molecule has 0 radical (unpaired) electrons.